The van der Waals surface area contributed by atoms with Gasteiger partial charge in [-0.25, -0.2) is 0 Å². The van der Waals surface area contributed by atoms with Crippen LogP contribution in [-0.4, -0.2) is 0 Å². The molecule has 0 heterocycles. The van der Waals surface area contributed by atoms with E-state index < -0.39 is 0 Å². The van der Waals surface area contributed by atoms with E-state index in [0.717, 1.165) is 0 Å². The average molecular weight is 427 g/mol. The molecule has 0 bridgehead atoms. The number of benzene rings is 4. The molecular formula is C33H30. The Bertz CT molecular complexity index is 1240. The van der Waals surface area contributed by atoms with Crippen molar-refractivity contribution in [3.8, 4) is 0 Å². The summed E-state index contributed by atoms with van der Waals surface area (Å²) >= 11 is 0. The minimum Gasteiger partial charge on any atom is -0.0622 e. The third-order valence-electron chi connectivity index (χ3n) is 5.72. The lowest BCUT2D eigenvalue weighted by atomic mass is 9.88. The normalized spacial score (nSPS) is 11.8. The summed E-state index contributed by atoms with van der Waals surface area (Å²) in [6.45, 7) is 4.53. The maximum atomic E-state index is 2.28. The van der Waals surface area contributed by atoms with Crippen molar-refractivity contribution in [2.75, 3.05) is 0 Å². The predicted octanol–water partition coefficient (Wildman–Crippen LogP) is 9.32. The Labute approximate surface area is 198 Å². The van der Waals surface area contributed by atoms with E-state index in [-0.39, 0.29) is 0 Å². The summed E-state index contributed by atoms with van der Waals surface area (Å²) in [5.41, 5.74) is 8.68. The first kappa shape index (κ1) is 22.3. The summed E-state index contributed by atoms with van der Waals surface area (Å²) in [4.78, 5) is 0. The Morgan fingerprint density at radius 1 is 0.424 bits per heavy atom. The van der Waals surface area contributed by atoms with Crippen molar-refractivity contribution in [2.24, 2.45) is 0 Å². The van der Waals surface area contributed by atoms with E-state index >= 15 is 0 Å². The van der Waals surface area contributed by atoms with Gasteiger partial charge in [0, 0.05) is 0 Å². The first-order valence-electron chi connectivity index (χ1n) is 11.6. The fraction of sp³-hybridized carbons (Fsp3) is 0.0909. The van der Waals surface area contributed by atoms with Crippen LogP contribution in [0.25, 0.3) is 36.5 Å². The minimum absolute atomic E-state index is 0.427. The molecule has 0 aliphatic rings. The molecule has 0 amide bonds. The van der Waals surface area contributed by atoms with Crippen LogP contribution in [0.1, 0.15) is 58.7 Å². The Balaban J connectivity index is 1.84. The summed E-state index contributed by atoms with van der Waals surface area (Å²) < 4.78 is 0. The van der Waals surface area contributed by atoms with Gasteiger partial charge in [0.25, 0.3) is 0 Å². The highest BCUT2D eigenvalue weighted by molar-refractivity contribution is 5.87. The summed E-state index contributed by atoms with van der Waals surface area (Å²) in [6, 6.07) is 36.0. The molecule has 0 N–H and O–H groups in total. The lowest BCUT2D eigenvalue weighted by Crippen LogP contribution is -1.97. The van der Waals surface area contributed by atoms with Crippen LogP contribution in [0.3, 0.4) is 0 Å². The Hall–Kier alpha value is -3.90. The van der Waals surface area contributed by atoms with Gasteiger partial charge >= 0.3 is 0 Å². The maximum absolute atomic E-state index is 2.28. The number of hydrogen-bond acceptors (Lipinski definition) is 0. The van der Waals surface area contributed by atoms with Crippen molar-refractivity contribution in [1.82, 2.24) is 0 Å². The highest BCUT2D eigenvalue weighted by atomic mass is 14.2. The molecule has 4 aromatic rings. The first-order chi connectivity index (χ1) is 16.2. The van der Waals surface area contributed by atoms with Gasteiger partial charge in [0.1, 0.15) is 0 Å². The predicted molar refractivity (Wildman–Crippen MR) is 147 cm³/mol. The van der Waals surface area contributed by atoms with Gasteiger partial charge < -0.3 is 0 Å². The molecule has 0 radical (unpaired) electrons. The van der Waals surface area contributed by atoms with Crippen molar-refractivity contribution in [3.05, 3.63) is 142 Å². The molecule has 0 saturated carbocycles. The first-order valence-corrected chi connectivity index (χ1v) is 11.6. The van der Waals surface area contributed by atoms with Crippen molar-refractivity contribution in [3.63, 3.8) is 0 Å². The van der Waals surface area contributed by atoms with Crippen LogP contribution in [-0.2, 0) is 0 Å². The van der Waals surface area contributed by atoms with Crippen LogP contribution in [0.2, 0.25) is 0 Å². The van der Waals surface area contributed by atoms with E-state index in [9.17, 15) is 0 Å². The van der Waals surface area contributed by atoms with Crippen LogP contribution < -0.4 is 0 Å². The molecule has 33 heavy (non-hydrogen) atoms. The average Bonchev–Trinajstić information content (AvgIpc) is 2.86. The van der Waals surface area contributed by atoms with Crippen molar-refractivity contribution < 1.29 is 0 Å². The van der Waals surface area contributed by atoms with Gasteiger partial charge in [0.05, 0.1) is 0 Å². The monoisotopic (exact) mass is 426 g/mol. The topological polar surface area (TPSA) is 0 Å². The molecule has 0 unspecified atom stereocenters. The molecule has 4 aromatic carbocycles. The van der Waals surface area contributed by atoms with Crippen LogP contribution in [0, 0.1) is 0 Å². The van der Waals surface area contributed by atoms with Crippen LogP contribution >= 0.6 is 0 Å². The van der Waals surface area contributed by atoms with Crippen molar-refractivity contribution in [1.29, 1.82) is 0 Å². The number of rotatable bonds is 7. The minimum atomic E-state index is 0.427. The van der Waals surface area contributed by atoms with Gasteiger partial charge in [-0.2, -0.15) is 0 Å². The molecular weight excluding hydrogens is 396 g/mol. The molecule has 0 aliphatic heterocycles. The van der Waals surface area contributed by atoms with Crippen LogP contribution in [0.5, 0.6) is 0 Å². The Morgan fingerprint density at radius 3 is 1.30 bits per heavy atom. The molecule has 0 aromatic heterocycles. The van der Waals surface area contributed by atoms with Crippen LogP contribution in [0.15, 0.2) is 103 Å². The second-order valence-electron chi connectivity index (χ2n) is 8.46. The molecule has 0 heteroatoms. The highest BCUT2D eigenvalue weighted by Gasteiger charge is 2.11. The summed E-state index contributed by atoms with van der Waals surface area (Å²) in [5, 5.41) is 0. The van der Waals surface area contributed by atoms with Gasteiger partial charge in [-0.05, 0) is 44.9 Å². The fourth-order valence-corrected chi connectivity index (χ4v) is 3.93. The molecule has 162 valence electrons. The van der Waals surface area contributed by atoms with Gasteiger partial charge in [-0.1, -0.05) is 153 Å². The quantitative estimate of drug-likeness (QED) is 0.258. The summed E-state index contributed by atoms with van der Waals surface area (Å²) in [7, 11) is 0. The highest BCUT2D eigenvalue weighted by Crippen LogP contribution is 2.30. The molecule has 0 fully saturated rings. The third-order valence-corrected chi connectivity index (χ3v) is 5.72. The van der Waals surface area contributed by atoms with Gasteiger partial charge in [-0.15, -0.1) is 0 Å². The summed E-state index contributed by atoms with van der Waals surface area (Å²) in [6.07, 6.45) is 13.4. The maximum Gasteiger partial charge on any atom is -0.0108 e. The smallest absolute Gasteiger partial charge is 0.0108 e. The molecule has 0 atom stereocenters. The fourth-order valence-electron chi connectivity index (χ4n) is 3.93. The molecule has 4 rings (SSSR count). The SMILES string of the molecule is CC(C)c1ccc(/C=C/c2ccccc2)c(/C=C/c2ccccc2)c1/C=C/c1ccccc1. The third kappa shape index (κ3) is 6.08. The van der Waals surface area contributed by atoms with Gasteiger partial charge in [0.15, 0.2) is 0 Å². The zero-order valence-electron chi connectivity index (χ0n) is 19.4. The molecule has 0 saturated heterocycles. The molecule has 0 aliphatic carbocycles. The van der Waals surface area contributed by atoms with E-state index in [2.05, 4.69) is 153 Å². The second kappa shape index (κ2) is 11.1. The van der Waals surface area contributed by atoms with Crippen molar-refractivity contribution in [2.45, 2.75) is 19.8 Å². The lowest BCUT2D eigenvalue weighted by Gasteiger charge is -2.16. The van der Waals surface area contributed by atoms with E-state index in [1.54, 1.807) is 0 Å². The largest absolute Gasteiger partial charge is 0.0622 e. The van der Waals surface area contributed by atoms with Gasteiger partial charge in [-0.3, -0.25) is 0 Å². The van der Waals surface area contributed by atoms with E-state index in [4.69, 9.17) is 0 Å². The molecule has 0 nitrogen and oxygen atoms in total. The standard InChI is InChI=1S/C33H30/c1-26(2)31-25-22-30(21-18-27-12-6-3-7-13-27)32(23-19-28-14-8-4-9-15-28)33(31)24-20-29-16-10-5-11-17-29/h3-26H,1-2H3/b21-18+,23-19+,24-20+. The zero-order chi connectivity index (χ0) is 22.9. The lowest BCUT2D eigenvalue weighted by molar-refractivity contribution is 0.863. The Morgan fingerprint density at radius 2 is 0.848 bits per heavy atom. The second-order valence-corrected chi connectivity index (χ2v) is 8.46. The molecule has 0 spiro atoms. The van der Waals surface area contributed by atoms with Crippen molar-refractivity contribution >= 4 is 36.5 Å². The van der Waals surface area contributed by atoms with E-state index in [0.29, 0.717) is 5.92 Å². The Kier molecular flexibility index (Phi) is 7.51. The summed E-state index contributed by atoms with van der Waals surface area (Å²) in [5.74, 6) is 0.427. The van der Waals surface area contributed by atoms with E-state index in [1.165, 1.54) is 38.9 Å². The van der Waals surface area contributed by atoms with E-state index in [1.807, 2.05) is 0 Å². The zero-order valence-corrected chi connectivity index (χ0v) is 19.4. The number of hydrogen-bond donors (Lipinski definition) is 0. The van der Waals surface area contributed by atoms with Gasteiger partial charge in [0.2, 0.25) is 0 Å². The van der Waals surface area contributed by atoms with Crippen LogP contribution in [0.4, 0.5) is 0 Å².